The molecule has 3 rings (SSSR count). The van der Waals surface area contributed by atoms with Crippen molar-refractivity contribution in [3.05, 3.63) is 48.3 Å². The van der Waals surface area contributed by atoms with E-state index >= 15 is 0 Å². The number of nitrogens with zero attached hydrogens (tertiary/aromatic N) is 1. The van der Waals surface area contributed by atoms with Crippen LogP contribution in [0.25, 0.3) is 22.2 Å². The maximum atomic E-state index is 12.9. The fourth-order valence-corrected chi connectivity index (χ4v) is 2.00. The number of halogens is 1. The molecular formula is C14H10FN3O. The van der Waals surface area contributed by atoms with Crippen LogP contribution in [0.3, 0.4) is 0 Å². The molecule has 4 nitrogen and oxygen atoms in total. The first-order chi connectivity index (χ1) is 9.28. The largest absolute Gasteiger partial charge is 0.329 e. The molecule has 0 fully saturated rings. The first-order valence-electron chi connectivity index (χ1n) is 5.72. The minimum absolute atomic E-state index is 0.285. The number of amides is 1. The van der Waals surface area contributed by atoms with Crippen LogP contribution in [0, 0.1) is 5.82 Å². The zero-order valence-corrected chi connectivity index (χ0v) is 9.85. The van der Waals surface area contributed by atoms with E-state index in [1.165, 1.54) is 12.1 Å². The van der Waals surface area contributed by atoms with Gasteiger partial charge in [0.05, 0.1) is 11.2 Å². The molecule has 0 saturated heterocycles. The van der Waals surface area contributed by atoms with E-state index in [1.54, 1.807) is 18.2 Å². The van der Waals surface area contributed by atoms with Gasteiger partial charge in [-0.15, -0.1) is 0 Å². The second-order valence-corrected chi connectivity index (χ2v) is 4.10. The molecule has 94 valence electrons. The lowest BCUT2D eigenvalue weighted by molar-refractivity contribution is -0.105. The number of rotatable bonds is 3. The molecule has 2 aromatic carbocycles. The Kier molecular flexibility index (Phi) is 2.72. The Morgan fingerprint density at radius 3 is 2.68 bits per heavy atom. The second kappa shape index (κ2) is 4.53. The van der Waals surface area contributed by atoms with Gasteiger partial charge in [0.2, 0.25) is 6.41 Å². The Morgan fingerprint density at radius 2 is 1.95 bits per heavy atom. The van der Waals surface area contributed by atoms with Crippen LogP contribution in [0.4, 0.5) is 10.1 Å². The van der Waals surface area contributed by atoms with E-state index in [-0.39, 0.29) is 5.82 Å². The molecule has 0 bridgehead atoms. The molecule has 0 aliphatic heterocycles. The number of aromatic amines is 1. The van der Waals surface area contributed by atoms with Crippen molar-refractivity contribution in [1.29, 1.82) is 0 Å². The predicted octanol–water partition coefficient (Wildman–Crippen LogP) is 2.94. The number of carbonyl (C=O) groups is 1. The maximum absolute atomic E-state index is 12.9. The number of hydrogen-bond acceptors (Lipinski definition) is 2. The van der Waals surface area contributed by atoms with Crippen molar-refractivity contribution >= 4 is 23.0 Å². The van der Waals surface area contributed by atoms with Crippen molar-refractivity contribution < 1.29 is 9.18 Å². The SMILES string of the molecule is O=CNc1ccc2[nH]nc(-c3ccc(F)cc3)c2c1. The Morgan fingerprint density at radius 1 is 1.16 bits per heavy atom. The van der Waals surface area contributed by atoms with Gasteiger partial charge in [-0.25, -0.2) is 4.39 Å². The van der Waals surface area contributed by atoms with Crippen molar-refractivity contribution in [3.63, 3.8) is 0 Å². The van der Waals surface area contributed by atoms with Crippen molar-refractivity contribution in [2.45, 2.75) is 0 Å². The maximum Gasteiger partial charge on any atom is 0.211 e. The quantitative estimate of drug-likeness (QED) is 0.707. The highest BCUT2D eigenvalue weighted by Gasteiger charge is 2.08. The Balaban J connectivity index is 2.15. The Hall–Kier alpha value is -2.69. The van der Waals surface area contributed by atoms with Gasteiger partial charge in [0.25, 0.3) is 0 Å². The van der Waals surface area contributed by atoms with Crippen molar-refractivity contribution in [3.8, 4) is 11.3 Å². The number of fused-ring (bicyclic) bond motifs is 1. The highest BCUT2D eigenvalue weighted by atomic mass is 19.1. The third kappa shape index (κ3) is 2.06. The number of aromatic nitrogens is 2. The molecule has 0 atom stereocenters. The van der Waals surface area contributed by atoms with Crippen LogP contribution in [-0.4, -0.2) is 16.6 Å². The first kappa shape index (κ1) is 11.4. The summed E-state index contributed by atoms with van der Waals surface area (Å²) in [5.74, 6) is -0.285. The summed E-state index contributed by atoms with van der Waals surface area (Å²) in [6, 6.07) is 11.6. The van der Waals surface area contributed by atoms with Crippen LogP contribution in [-0.2, 0) is 4.79 Å². The molecule has 0 spiro atoms. The zero-order chi connectivity index (χ0) is 13.2. The van der Waals surface area contributed by atoms with Gasteiger partial charge in [0.15, 0.2) is 0 Å². The average Bonchev–Trinajstić information content (AvgIpc) is 2.83. The molecule has 1 aromatic heterocycles. The number of H-pyrrole nitrogens is 1. The summed E-state index contributed by atoms with van der Waals surface area (Å²) in [6.45, 7) is 0. The highest BCUT2D eigenvalue weighted by molar-refractivity contribution is 5.95. The van der Waals surface area contributed by atoms with Crippen LogP contribution >= 0.6 is 0 Å². The summed E-state index contributed by atoms with van der Waals surface area (Å²) in [4.78, 5) is 10.5. The van der Waals surface area contributed by atoms with Crippen LogP contribution in [0.5, 0.6) is 0 Å². The summed E-state index contributed by atoms with van der Waals surface area (Å²) in [7, 11) is 0. The summed E-state index contributed by atoms with van der Waals surface area (Å²) in [5.41, 5.74) is 3.09. The van der Waals surface area contributed by atoms with Crippen LogP contribution < -0.4 is 5.32 Å². The van der Waals surface area contributed by atoms with E-state index < -0.39 is 0 Å². The van der Waals surface area contributed by atoms with E-state index in [0.29, 0.717) is 12.1 Å². The van der Waals surface area contributed by atoms with Gasteiger partial charge < -0.3 is 5.32 Å². The summed E-state index contributed by atoms with van der Waals surface area (Å²) < 4.78 is 12.9. The molecule has 0 saturated carbocycles. The van der Waals surface area contributed by atoms with Crippen LogP contribution in [0.1, 0.15) is 0 Å². The number of benzene rings is 2. The molecule has 0 unspecified atom stereocenters. The van der Waals surface area contributed by atoms with Gasteiger partial charge in [-0.2, -0.15) is 5.10 Å². The lowest BCUT2D eigenvalue weighted by atomic mass is 10.1. The molecule has 5 heteroatoms. The molecule has 3 aromatic rings. The molecular weight excluding hydrogens is 245 g/mol. The first-order valence-corrected chi connectivity index (χ1v) is 5.72. The lowest BCUT2D eigenvalue weighted by Crippen LogP contribution is -1.92. The van der Waals surface area contributed by atoms with E-state index in [1.807, 2.05) is 12.1 Å². The molecule has 0 aliphatic rings. The number of carbonyl (C=O) groups excluding carboxylic acids is 1. The Labute approximate surface area is 108 Å². The van der Waals surface area contributed by atoms with Gasteiger partial charge in [0.1, 0.15) is 5.82 Å². The van der Waals surface area contributed by atoms with Crippen LogP contribution in [0.15, 0.2) is 42.5 Å². The summed E-state index contributed by atoms with van der Waals surface area (Å²) in [6.07, 6.45) is 0.624. The van der Waals surface area contributed by atoms with Gasteiger partial charge in [0, 0.05) is 16.6 Å². The van der Waals surface area contributed by atoms with Crippen LogP contribution in [0.2, 0.25) is 0 Å². The number of hydrogen-bond donors (Lipinski definition) is 2. The van der Waals surface area contributed by atoms with Crippen molar-refractivity contribution in [1.82, 2.24) is 10.2 Å². The lowest BCUT2D eigenvalue weighted by Gasteiger charge is -2.00. The molecule has 0 aliphatic carbocycles. The van der Waals surface area contributed by atoms with E-state index in [9.17, 15) is 9.18 Å². The van der Waals surface area contributed by atoms with Gasteiger partial charge in [-0.3, -0.25) is 9.89 Å². The fraction of sp³-hybridized carbons (Fsp3) is 0. The van der Waals surface area contributed by atoms with Crippen molar-refractivity contribution in [2.75, 3.05) is 5.32 Å². The second-order valence-electron chi connectivity index (χ2n) is 4.10. The normalized spacial score (nSPS) is 10.6. The van der Waals surface area contributed by atoms with Gasteiger partial charge in [-0.1, -0.05) is 0 Å². The van der Waals surface area contributed by atoms with E-state index in [0.717, 1.165) is 22.2 Å². The smallest absolute Gasteiger partial charge is 0.211 e. The molecule has 19 heavy (non-hydrogen) atoms. The average molecular weight is 255 g/mol. The van der Waals surface area contributed by atoms with E-state index in [4.69, 9.17) is 0 Å². The van der Waals surface area contributed by atoms with E-state index in [2.05, 4.69) is 15.5 Å². The highest BCUT2D eigenvalue weighted by Crippen LogP contribution is 2.28. The molecule has 1 amide bonds. The minimum atomic E-state index is -0.285. The third-order valence-electron chi connectivity index (χ3n) is 2.91. The minimum Gasteiger partial charge on any atom is -0.329 e. The zero-order valence-electron chi connectivity index (χ0n) is 9.85. The third-order valence-corrected chi connectivity index (χ3v) is 2.91. The number of anilines is 1. The molecule has 1 heterocycles. The fourth-order valence-electron chi connectivity index (χ4n) is 2.00. The predicted molar refractivity (Wildman–Crippen MR) is 71.2 cm³/mol. The van der Waals surface area contributed by atoms with Crippen molar-refractivity contribution in [2.24, 2.45) is 0 Å². The number of nitrogens with one attached hydrogen (secondary N) is 2. The monoisotopic (exact) mass is 255 g/mol. The molecule has 0 radical (unpaired) electrons. The van der Waals surface area contributed by atoms with Gasteiger partial charge in [-0.05, 0) is 42.5 Å². The Bertz CT molecular complexity index is 734. The standard InChI is InChI=1S/C14H10FN3O/c15-10-3-1-9(2-4-10)14-12-7-11(16-8-19)5-6-13(12)17-18-14/h1-8H,(H,16,19)(H,17,18). The topological polar surface area (TPSA) is 57.8 Å². The summed E-state index contributed by atoms with van der Waals surface area (Å²) in [5, 5.41) is 10.6. The summed E-state index contributed by atoms with van der Waals surface area (Å²) >= 11 is 0. The molecule has 2 N–H and O–H groups in total. The van der Waals surface area contributed by atoms with Gasteiger partial charge >= 0.3 is 0 Å².